The second kappa shape index (κ2) is 3.69. The van der Waals surface area contributed by atoms with E-state index in [9.17, 15) is 24.3 Å². The first kappa shape index (κ1) is 10.6. The Hall–Kier alpha value is -1.52. The van der Waals surface area contributed by atoms with Crippen molar-refractivity contribution in [3.63, 3.8) is 0 Å². The molecule has 5 nitrogen and oxygen atoms in total. The largest absolute Gasteiger partial charge is 0.550 e. The number of hydrogen-bond acceptors (Lipinski definition) is 5. The zero-order valence-electron chi connectivity index (χ0n) is 7.61. The minimum Gasteiger partial charge on any atom is -0.550 e. The Morgan fingerprint density at radius 1 is 1.21 bits per heavy atom. The standard InChI is InChI=1S/C9H10O5/c1-4(10)8-6(11)2-5(9(13)14)3-7(8)12/h5,8H,2-3H2,1H3,(H,13,14)/p-1. The monoisotopic (exact) mass is 197 g/mol. The van der Waals surface area contributed by atoms with Crippen LogP contribution in [0.15, 0.2) is 0 Å². The molecule has 0 atom stereocenters. The topological polar surface area (TPSA) is 91.3 Å². The van der Waals surface area contributed by atoms with Gasteiger partial charge >= 0.3 is 0 Å². The molecular formula is C9H9O5-. The Morgan fingerprint density at radius 2 is 1.64 bits per heavy atom. The van der Waals surface area contributed by atoms with Gasteiger partial charge in [0, 0.05) is 24.7 Å². The van der Waals surface area contributed by atoms with E-state index in [0.717, 1.165) is 6.92 Å². The lowest BCUT2D eigenvalue weighted by Gasteiger charge is -2.25. The first-order valence-electron chi connectivity index (χ1n) is 4.20. The van der Waals surface area contributed by atoms with Gasteiger partial charge in [-0.2, -0.15) is 0 Å². The number of carboxylic acids is 1. The lowest BCUT2D eigenvalue weighted by molar-refractivity contribution is -0.311. The second-order valence-corrected chi connectivity index (χ2v) is 3.40. The Labute approximate surface area is 80.1 Å². The van der Waals surface area contributed by atoms with E-state index < -0.39 is 35.2 Å². The summed E-state index contributed by atoms with van der Waals surface area (Å²) in [5.74, 6) is -5.45. The molecule has 1 aliphatic rings. The van der Waals surface area contributed by atoms with Crippen LogP contribution in [0.1, 0.15) is 19.8 Å². The van der Waals surface area contributed by atoms with Gasteiger partial charge in [-0.3, -0.25) is 14.4 Å². The number of hydrogen-bond donors (Lipinski definition) is 0. The summed E-state index contributed by atoms with van der Waals surface area (Å²) in [7, 11) is 0. The van der Waals surface area contributed by atoms with Crippen molar-refractivity contribution >= 4 is 23.3 Å². The highest BCUT2D eigenvalue weighted by Crippen LogP contribution is 2.23. The van der Waals surface area contributed by atoms with Crippen molar-refractivity contribution in [3.05, 3.63) is 0 Å². The number of Topliss-reactive ketones (excluding diaryl/α,β-unsaturated/α-hetero) is 3. The first-order valence-corrected chi connectivity index (χ1v) is 4.20. The highest BCUT2D eigenvalue weighted by molar-refractivity contribution is 6.21. The molecule has 0 N–H and O–H groups in total. The molecule has 0 saturated heterocycles. The molecule has 0 aromatic carbocycles. The normalized spacial score (nSPS) is 27.5. The molecule has 0 radical (unpaired) electrons. The van der Waals surface area contributed by atoms with Crippen molar-refractivity contribution in [2.24, 2.45) is 11.8 Å². The van der Waals surface area contributed by atoms with Crippen molar-refractivity contribution in [3.8, 4) is 0 Å². The Balaban J connectivity index is 2.83. The van der Waals surface area contributed by atoms with Crippen LogP contribution in [0.4, 0.5) is 0 Å². The zero-order valence-corrected chi connectivity index (χ0v) is 7.61. The van der Waals surface area contributed by atoms with E-state index in [1.54, 1.807) is 0 Å². The van der Waals surface area contributed by atoms with E-state index in [1.807, 2.05) is 0 Å². The number of aliphatic carboxylic acids is 1. The van der Waals surface area contributed by atoms with Crippen molar-refractivity contribution < 1.29 is 24.3 Å². The average Bonchev–Trinajstić information content (AvgIpc) is 2.01. The number of carbonyl (C=O) groups excluding carboxylic acids is 4. The number of ketones is 3. The van der Waals surface area contributed by atoms with Gasteiger partial charge in [0.15, 0.2) is 11.6 Å². The average molecular weight is 197 g/mol. The molecule has 1 fully saturated rings. The van der Waals surface area contributed by atoms with Crippen LogP contribution < -0.4 is 5.11 Å². The summed E-state index contributed by atoms with van der Waals surface area (Å²) < 4.78 is 0. The van der Waals surface area contributed by atoms with Crippen LogP contribution in [-0.2, 0) is 19.2 Å². The van der Waals surface area contributed by atoms with Gasteiger partial charge in [0.2, 0.25) is 0 Å². The maximum Gasteiger partial charge on any atom is 0.151 e. The lowest BCUT2D eigenvalue weighted by Crippen LogP contribution is -2.43. The molecule has 0 heterocycles. The molecule has 1 aliphatic carbocycles. The fourth-order valence-corrected chi connectivity index (χ4v) is 1.59. The first-order chi connectivity index (χ1) is 6.43. The SMILES string of the molecule is CC(=O)C1C(=O)CC(C(=O)[O-])CC1=O. The van der Waals surface area contributed by atoms with Crippen LogP contribution in [-0.4, -0.2) is 23.3 Å². The van der Waals surface area contributed by atoms with Gasteiger partial charge < -0.3 is 9.90 Å². The van der Waals surface area contributed by atoms with Gasteiger partial charge in [0.25, 0.3) is 0 Å². The van der Waals surface area contributed by atoms with Crippen molar-refractivity contribution in [2.75, 3.05) is 0 Å². The van der Waals surface area contributed by atoms with Gasteiger partial charge in [-0.15, -0.1) is 0 Å². The number of rotatable bonds is 2. The fourth-order valence-electron chi connectivity index (χ4n) is 1.59. The summed E-state index contributed by atoms with van der Waals surface area (Å²) in [5.41, 5.74) is 0. The van der Waals surface area contributed by atoms with E-state index in [-0.39, 0.29) is 12.8 Å². The minimum atomic E-state index is -1.41. The molecule has 0 unspecified atom stereocenters. The van der Waals surface area contributed by atoms with E-state index in [4.69, 9.17) is 0 Å². The van der Waals surface area contributed by atoms with Crippen molar-refractivity contribution in [1.29, 1.82) is 0 Å². The number of carbonyl (C=O) groups is 4. The van der Waals surface area contributed by atoms with Gasteiger partial charge in [0.05, 0.1) is 0 Å². The van der Waals surface area contributed by atoms with Crippen LogP contribution >= 0.6 is 0 Å². The summed E-state index contributed by atoms with van der Waals surface area (Å²) in [6.45, 7) is 1.15. The van der Waals surface area contributed by atoms with E-state index in [2.05, 4.69) is 0 Å². The van der Waals surface area contributed by atoms with E-state index in [0.29, 0.717) is 0 Å². The second-order valence-electron chi connectivity index (χ2n) is 3.40. The Morgan fingerprint density at radius 3 is 1.93 bits per heavy atom. The van der Waals surface area contributed by atoms with Crippen LogP contribution in [0.5, 0.6) is 0 Å². The highest BCUT2D eigenvalue weighted by Gasteiger charge is 2.38. The van der Waals surface area contributed by atoms with Gasteiger partial charge in [0.1, 0.15) is 11.7 Å². The summed E-state index contributed by atoms with van der Waals surface area (Å²) in [4.78, 5) is 43.8. The summed E-state index contributed by atoms with van der Waals surface area (Å²) >= 11 is 0. The smallest absolute Gasteiger partial charge is 0.151 e. The quantitative estimate of drug-likeness (QED) is 0.502. The van der Waals surface area contributed by atoms with Crippen molar-refractivity contribution in [1.82, 2.24) is 0 Å². The third-order valence-corrected chi connectivity index (χ3v) is 2.28. The molecule has 5 heteroatoms. The van der Waals surface area contributed by atoms with Crippen LogP contribution in [0.3, 0.4) is 0 Å². The molecule has 14 heavy (non-hydrogen) atoms. The van der Waals surface area contributed by atoms with Gasteiger partial charge in [-0.25, -0.2) is 0 Å². The predicted octanol–water partition coefficient (Wildman–Crippen LogP) is -1.51. The molecule has 0 aromatic rings. The molecule has 0 spiro atoms. The number of carboxylic acid groups (broad SMARTS) is 1. The van der Waals surface area contributed by atoms with Crippen molar-refractivity contribution in [2.45, 2.75) is 19.8 Å². The molecule has 0 amide bonds. The van der Waals surface area contributed by atoms with Gasteiger partial charge in [-0.05, 0) is 6.92 Å². The Kier molecular flexibility index (Phi) is 2.78. The predicted molar refractivity (Wildman–Crippen MR) is 41.9 cm³/mol. The van der Waals surface area contributed by atoms with E-state index >= 15 is 0 Å². The lowest BCUT2D eigenvalue weighted by atomic mass is 9.78. The Bertz CT molecular complexity index is 299. The van der Waals surface area contributed by atoms with Crippen LogP contribution in [0, 0.1) is 11.8 Å². The minimum absolute atomic E-state index is 0.279. The van der Waals surface area contributed by atoms with Crippen LogP contribution in [0.25, 0.3) is 0 Å². The molecule has 76 valence electrons. The summed E-state index contributed by atoms with van der Waals surface area (Å²) in [5, 5.41) is 10.4. The highest BCUT2D eigenvalue weighted by atomic mass is 16.4. The summed E-state index contributed by atoms with van der Waals surface area (Å²) in [6, 6.07) is 0. The zero-order chi connectivity index (χ0) is 10.9. The van der Waals surface area contributed by atoms with Gasteiger partial charge in [-0.1, -0.05) is 0 Å². The molecule has 0 bridgehead atoms. The fraction of sp³-hybridized carbons (Fsp3) is 0.556. The maximum atomic E-state index is 11.2. The molecular weight excluding hydrogens is 188 g/mol. The third kappa shape index (κ3) is 1.86. The third-order valence-electron chi connectivity index (χ3n) is 2.28. The molecule has 0 aliphatic heterocycles. The maximum absolute atomic E-state index is 11.2. The summed E-state index contributed by atoms with van der Waals surface area (Å²) in [6.07, 6.45) is -0.559. The van der Waals surface area contributed by atoms with E-state index in [1.165, 1.54) is 0 Å². The molecule has 0 aromatic heterocycles. The molecule has 1 saturated carbocycles. The molecule has 1 rings (SSSR count). The van der Waals surface area contributed by atoms with Crippen LogP contribution in [0.2, 0.25) is 0 Å².